The van der Waals surface area contributed by atoms with Crippen molar-refractivity contribution in [2.75, 3.05) is 19.5 Å². The number of benzene rings is 2. The van der Waals surface area contributed by atoms with Crippen LogP contribution in [0.5, 0.6) is 11.5 Å². The van der Waals surface area contributed by atoms with E-state index in [1.165, 1.54) is 14.0 Å². The van der Waals surface area contributed by atoms with E-state index in [2.05, 4.69) is 5.32 Å². The number of carbonyl (C=O) groups excluding carboxylic acids is 2. The minimum atomic E-state index is -0.921. The maximum absolute atomic E-state index is 12.2. The van der Waals surface area contributed by atoms with Crippen molar-refractivity contribution in [3.63, 3.8) is 0 Å². The van der Waals surface area contributed by atoms with Gasteiger partial charge in [0.05, 0.1) is 26.3 Å². The van der Waals surface area contributed by atoms with Crippen LogP contribution in [0.25, 0.3) is 0 Å². The molecule has 2 aromatic carbocycles. The Balaban J connectivity index is 1.90. The average molecular weight is 343 g/mol. The van der Waals surface area contributed by atoms with Crippen LogP contribution in [0.3, 0.4) is 0 Å². The average Bonchev–Trinajstić information content (AvgIpc) is 2.62. The first kappa shape index (κ1) is 18.3. The fourth-order valence-corrected chi connectivity index (χ4v) is 2.18. The molecule has 0 aliphatic heterocycles. The van der Waals surface area contributed by atoms with Crippen molar-refractivity contribution in [1.82, 2.24) is 0 Å². The quantitative estimate of drug-likeness (QED) is 0.783. The molecule has 2 aromatic rings. The van der Waals surface area contributed by atoms with Gasteiger partial charge < -0.3 is 19.5 Å². The zero-order valence-electron chi connectivity index (χ0n) is 14.4. The highest BCUT2D eigenvalue weighted by molar-refractivity contribution is 5.96. The first-order chi connectivity index (χ1) is 12.0. The van der Waals surface area contributed by atoms with Gasteiger partial charge in [0.15, 0.2) is 6.10 Å². The van der Waals surface area contributed by atoms with Crippen molar-refractivity contribution in [2.45, 2.75) is 19.4 Å². The van der Waals surface area contributed by atoms with E-state index < -0.39 is 18.0 Å². The maximum Gasteiger partial charge on any atom is 0.311 e. The first-order valence-electron chi connectivity index (χ1n) is 7.79. The van der Waals surface area contributed by atoms with Crippen LogP contribution in [0.2, 0.25) is 0 Å². The smallest absolute Gasteiger partial charge is 0.311 e. The van der Waals surface area contributed by atoms with Gasteiger partial charge in [-0.2, -0.15) is 0 Å². The maximum atomic E-state index is 12.2. The van der Waals surface area contributed by atoms with E-state index in [1.54, 1.807) is 55.6 Å². The van der Waals surface area contributed by atoms with Crippen LogP contribution < -0.4 is 14.8 Å². The predicted octanol–water partition coefficient (Wildman–Crippen LogP) is 2.82. The molecule has 0 fully saturated rings. The highest BCUT2D eigenvalue weighted by Gasteiger charge is 2.19. The SMILES string of the molecule is COc1ccc(CC(=O)O[C@@H](C)C(=O)Nc2ccccc2OC)cc1. The fourth-order valence-electron chi connectivity index (χ4n) is 2.18. The topological polar surface area (TPSA) is 73.9 Å². The van der Waals surface area contributed by atoms with Gasteiger partial charge in [-0.25, -0.2) is 0 Å². The van der Waals surface area contributed by atoms with Crippen molar-refractivity contribution >= 4 is 17.6 Å². The fraction of sp³-hybridized carbons (Fsp3) is 0.263. The molecule has 0 aromatic heterocycles. The number of ether oxygens (including phenoxy) is 3. The van der Waals surface area contributed by atoms with Gasteiger partial charge in [-0.3, -0.25) is 9.59 Å². The first-order valence-corrected chi connectivity index (χ1v) is 7.79. The molecule has 6 nitrogen and oxygen atoms in total. The standard InChI is InChI=1S/C19H21NO5/c1-13(19(22)20-16-6-4-5-7-17(16)24-3)25-18(21)12-14-8-10-15(23-2)11-9-14/h4-11,13H,12H2,1-3H3,(H,20,22)/t13-/m0/s1. The van der Waals surface area contributed by atoms with Crippen molar-refractivity contribution in [3.05, 3.63) is 54.1 Å². The zero-order chi connectivity index (χ0) is 18.2. The molecular weight excluding hydrogens is 322 g/mol. The summed E-state index contributed by atoms with van der Waals surface area (Å²) in [5, 5.41) is 2.69. The van der Waals surface area contributed by atoms with Gasteiger partial charge in [0.25, 0.3) is 5.91 Å². The van der Waals surface area contributed by atoms with E-state index in [1.807, 2.05) is 0 Å². The highest BCUT2D eigenvalue weighted by atomic mass is 16.5. The minimum absolute atomic E-state index is 0.0796. The van der Waals surface area contributed by atoms with Crippen LogP contribution in [-0.2, 0) is 20.7 Å². The number of anilines is 1. The van der Waals surface area contributed by atoms with Crippen LogP contribution in [0, 0.1) is 0 Å². The summed E-state index contributed by atoms with van der Waals surface area (Å²) in [6.07, 6.45) is -0.841. The Morgan fingerprint density at radius 2 is 1.68 bits per heavy atom. The van der Waals surface area contributed by atoms with Crippen molar-refractivity contribution in [1.29, 1.82) is 0 Å². The van der Waals surface area contributed by atoms with Crippen LogP contribution in [0.15, 0.2) is 48.5 Å². The minimum Gasteiger partial charge on any atom is -0.497 e. The van der Waals surface area contributed by atoms with Crippen LogP contribution in [-0.4, -0.2) is 32.2 Å². The molecule has 2 rings (SSSR count). The summed E-state index contributed by atoms with van der Waals surface area (Å²) < 4.78 is 15.4. The molecule has 1 atom stereocenters. The molecule has 0 saturated heterocycles. The monoisotopic (exact) mass is 343 g/mol. The Hall–Kier alpha value is -3.02. The van der Waals surface area contributed by atoms with Crippen molar-refractivity contribution in [3.8, 4) is 11.5 Å². The Morgan fingerprint density at radius 1 is 1.00 bits per heavy atom. The summed E-state index contributed by atoms with van der Waals surface area (Å²) in [5.74, 6) is 0.342. The molecular formula is C19H21NO5. The Morgan fingerprint density at radius 3 is 2.32 bits per heavy atom. The Labute approximate surface area is 146 Å². The third-order valence-corrected chi connectivity index (χ3v) is 3.55. The third-order valence-electron chi connectivity index (χ3n) is 3.55. The highest BCUT2D eigenvalue weighted by Crippen LogP contribution is 2.23. The summed E-state index contributed by atoms with van der Waals surface area (Å²) >= 11 is 0. The second kappa shape index (κ2) is 8.73. The molecule has 0 unspecified atom stereocenters. The number of nitrogens with one attached hydrogen (secondary N) is 1. The van der Waals surface area contributed by atoms with Gasteiger partial charge in [-0.05, 0) is 36.8 Å². The number of para-hydroxylation sites is 2. The number of hydrogen-bond acceptors (Lipinski definition) is 5. The van der Waals surface area contributed by atoms with E-state index in [4.69, 9.17) is 14.2 Å². The number of amides is 1. The van der Waals surface area contributed by atoms with Crippen LogP contribution in [0.1, 0.15) is 12.5 Å². The van der Waals surface area contributed by atoms with E-state index in [9.17, 15) is 9.59 Å². The predicted molar refractivity (Wildman–Crippen MR) is 93.9 cm³/mol. The Bertz CT molecular complexity index is 727. The summed E-state index contributed by atoms with van der Waals surface area (Å²) in [6.45, 7) is 1.52. The molecule has 0 saturated carbocycles. The lowest BCUT2D eigenvalue weighted by Crippen LogP contribution is -2.30. The summed E-state index contributed by atoms with van der Waals surface area (Å²) in [6, 6.07) is 14.1. The van der Waals surface area contributed by atoms with E-state index in [0.717, 1.165) is 5.56 Å². The summed E-state index contributed by atoms with van der Waals surface area (Å²) in [7, 11) is 3.09. The molecule has 25 heavy (non-hydrogen) atoms. The van der Waals surface area contributed by atoms with Crippen LogP contribution >= 0.6 is 0 Å². The number of methoxy groups -OCH3 is 2. The number of carbonyl (C=O) groups is 2. The molecule has 0 aliphatic carbocycles. The molecule has 0 bridgehead atoms. The zero-order valence-corrected chi connectivity index (χ0v) is 14.4. The second-order valence-corrected chi connectivity index (χ2v) is 5.35. The molecule has 0 spiro atoms. The normalized spacial score (nSPS) is 11.3. The lowest BCUT2D eigenvalue weighted by molar-refractivity contribution is -0.152. The Kier molecular flexibility index (Phi) is 6.39. The number of esters is 1. The number of rotatable bonds is 7. The molecule has 6 heteroatoms. The molecule has 1 amide bonds. The summed E-state index contributed by atoms with van der Waals surface area (Å²) in [4.78, 5) is 24.2. The van der Waals surface area contributed by atoms with Gasteiger partial charge in [0.2, 0.25) is 0 Å². The van der Waals surface area contributed by atoms with E-state index in [-0.39, 0.29) is 6.42 Å². The van der Waals surface area contributed by atoms with Gasteiger partial charge >= 0.3 is 5.97 Å². The molecule has 0 radical (unpaired) electrons. The van der Waals surface area contributed by atoms with E-state index in [0.29, 0.717) is 17.2 Å². The van der Waals surface area contributed by atoms with Gasteiger partial charge in [0.1, 0.15) is 11.5 Å². The van der Waals surface area contributed by atoms with Crippen LogP contribution in [0.4, 0.5) is 5.69 Å². The summed E-state index contributed by atoms with van der Waals surface area (Å²) in [5.41, 5.74) is 1.30. The van der Waals surface area contributed by atoms with Gasteiger partial charge in [-0.1, -0.05) is 24.3 Å². The second-order valence-electron chi connectivity index (χ2n) is 5.35. The third kappa shape index (κ3) is 5.24. The van der Waals surface area contributed by atoms with Crippen molar-refractivity contribution < 1.29 is 23.8 Å². The lowest BCUT2D eigenvalue weighted by atomic mass is 10.1. The molecule has 0 aliphatic rings. The number of hydrogen-bond donors (Lipinski definition) is 1. The molecule has 1 N–H and O–H groups in total. The van der Waals surface area contributed by atoms with Gasteiger partial charge in [-0.15, -0.1) is 0 Å². The lowest BCUT2D eigenvalue weighted by Gasteiger charge is -2.15. The van der Waals surface area contributed by atoms with Crippen molar-refractivity contribution in [2.24, 2.45) is 0 Å². The van der Waals surface area contributed by atoms with E-state index >= 15 is 0 Å². The molecule has 0 heterocycles. The van der Waals surface area contributed by atoms with Gasteiger partial charge in [0, 0.05) is 0 Å². The molecule has 132 valence electrons. The largest absolute Gasteiger partial charge is 0.497 e.